The first-order valence-corrected chi connectivity index (χ1v) is 4.03. The van der Waals surface area contributed by atoms with Gasteiger partial charge in [0.05, 0.1) is 6.61 Å². The second kappa shape index (κ2) is 5.52. The fourth-order valence-corrected chi connectivity index (χ4v) is 0.869. The molecule has 2 atom stereocenters. The van der Waals surface area contributed by atoms with Gasteiger partial charge in [0.1, 0.15) is 0 Å². The summed E-state index contributed by atoms with van der Waals surface area (Å²) in [6.07, 6.45) is 0. The summed E-state index contributed by atoms with van der Waals surface area (Å²) in [6, 6.07) is 0.184. The van der Waals surface area contributed by atoms with Gasteiger partial charge in [-0.3, -0.25) is 0 Å². The minimum Gasteiger partial charge on any atom is -0.396 e. The van der Waals surface area contributed by atoms with Crippen molar-refractivity contribution in [3.8, 4) is 0 Å². The van der Waals surface area contributed by atoms with Crippen LogP contribution in [0, 0.1) is 5.92 Å². The Morgan fingerprint density at radius 3 is 2.09 bits per heavy atom. The molecular weight excluding hydrogens is 142 g/mol. The van der Waals surface area contributed by atoms with Gasteiger partial charge in [-0.2, -0.15) is 0 Å². The summed E-state index contributed by atoms with van der Waals surface area (Å²) < 4.78 is 0. The first-order chi connectivity index (χ1) is 5.11. The molecule has 0 heterocycles. The van der Waals surface area contributed by atoms with Crippen LogP contribution >= 0.6 is 0 Å². The Morgan fingerprint density at radius 1 is 1.18 bits per heavy atom. The van der Waals surface area contributed by atoms with E-state index in [-0.39, 0.29) is 25.2 Å². The monoisotopic (exact) mass is 161 g/mol. The van der Waals surface area contributed by atoms with E-state index >= 15 is 0 Å². The number of aliphatic hydroxyl groups excluding tert-OH is 2. The predicted octanol–water partition coefficient (Wildman–Crippen LogP) is -0.0726. The molecule has 68 valence electrons. The number of nitrogens with zero attached hydrogens (tertiary/aromatic N) is 1. The number of aliphatic hydroxyl groups is 2. The zero-order chi connectivity index (χ0) is 8.85. The van der Waals surface area contributed by atoms with Gasteiger partial charge in [0.15, 0.2) is 0 Å². The molecule has 0 spiro atoms. The largest absolute Gasteiger partial charge is 0.396 e. The maximum absolute atomic E-state index is 8.79. The highest BCUT2D eigenvalue weighted by Crippen LogP contribution is 2.00. The molecule has 2 unspecified atom stereocenters. The molecule has 0 amide bonds. The zero-order valence-corrected chi connectivity index (χ0v) is 7.62. The second-order valence-electron chi connectivity index (χ2n) is 3.26. The summed E-state index contributed by atoms with van der Waals surface area (Å²) in [6.45, 7) is 5.17. The molecular formula is C8H19NO2. The van der Waals surface area contributed by atoms with Crippen LogP contribution in [0.4, 0.5) is 0 Å². The molecule has 0 saturated heterocycles. The highest BCUT2D eigenvalue weighted by atomic mass is 16.3. The molecule has 3 nitrogen and oxygen atoms in total. The molecule has 2 N–H and O–H groups in total. The van der Waals surface area contributed by atoms with Gasteiger partial charge in [-0.25, -0.2) is 0 Å². The van der Waals surface area contributed by atoms with E-state index in [0.29, 0.717) is 0 Å². The van der Waals surface area contributed by atoms with Crippen LogP contribution in [-0.2, 0) is 0 Å². The Morgan fingerprint density at radius 2 is 1.73 bits per heavy atom. The smallest absolute Gasteiger partial charge is 0.0584 e. The van der Waals surface area contributed by atoms with Crippen LogP contribution in [0.3, 0.4) is 0 Å². The highest BCUT2D eigenvalue weighted by Gasteiger charge is 2.10. The Kier molecular flexibility index (Phi) is 5.46. The Bertz CT molecular complexity index is 98.1. The second-order valence-corrected chi connectivity index (χ2v) is 3.26. The van der Waals surface area contributed by atoms with E-state index in [1.165, 1.54) is 0 Å². The van der Waals surface area contributed by atoms with E-state index in [9.17, 15) is 0 Å². The van der Waals surface area contributed by atoms with Gasteiger partial charge in [-0.1, -0.05) is 6.92 Å². The highest BCUT2D eigenvalue weighted by molar-refractivity contribution is 4.64. The number of hydrogen-bond acceptors (Lipinski definition) is 3. The van der Waals surface area contributed by atoms with Gasteiger partial charge in [-0.05, 0) is 19.9 Å². The van der Waals surface area contributed by atoms with Crippen molar-refractivity contribution in [3.05, 3.63) is 0 Å². The van der Waals surface area contributed by atoms with Crippen molar-refractivity contribution < 1.29 is 10.2 Å². The number of hydrogen-bond donors (Lipinski definition) is 2. The van der Waals surface area contributed by atoms with Crippen molar-refractivity contribution in [1.29, 1.82) is 0 Å². The molecule has 0 aliphatic carbocycles. The van der Waals surface area contributed by atoms with Gasteiger partial charge in [0, 0.05) is 19.2 Å². The number of rotatable bonds is 5. The third-order valence-electron chi connectivity index (χ3n) is 1.93. The van der Waals surface area contributed by atoms with Gasteiger partial charge in [0.2, 0.25) is 0 Å². The van der Waals surface area contributed by atoms with E-state index in [0.717, 1.165) is 6.54 Å². The molecule has 0 bridgehead atoms. The van der Waals surface area contributed by atoms with Crippen molar-refractivity contribution in [3.63, 3.8) is 0 Å². The van der Waals surface area contributed by atoms with Crippen LogP contribution < -0.4 is 0 Å². The third-order valence-corrected chi connectivity index (χ3v) is 1.93. The Labute approximate surface area is 68.6 Å². The topological polar surface area (TPSA) is 43.7 Å². The summed E-state index contributed by atoms with van der Waals surface area (Å²) in [5, 5.41) is 17.5. The predicted molar refractivity (Wildman–Crippen MR) is 45.4 cm³/mol. The van der Waals surface area contributed by atoms with Gasteiger partial charge >= 0.3 is 0 Å². The van der Waals surface area contributed by atoms with Crippen molar-refractivity contribution in [2.75, 3.05) is 26.8 Å². The van der Waals surface area contributed by atoms with Crippen molar-refractivity contribution in [1.82, 2.24) is 4.90 Å². The first-order valence-electron chi connectivity index (χ1n) is 4.03. The molecule has 0 aromatic heterocycles. The minimum absolute atomic E-state index is 0.175. The maximum Gasteiger partial charge on any atom is 0.0584 e. The standard InChI is InChI=1S/C8H19NO2/c1-7(5-10)4-9(3)8(2)6-11/h7-8,10-11H,4-6H2,1-3H3. The fraction of sp³-hybridized carbons (Fsp3) is 1.00. The minimum atomic E-state index is 0.175. The molecule has 11 heavy (non-hydrogen) atoms. The fourth-order valence-electron chi connectivity index (χ4n) is 0.869. The van der Waals surface area contributed by atoms with Crippen LogP contribution in [-0.4, -0.2) is 48.0 Å². The molecule has 0 saturated carbocycles. The summed E-state index contributed by atoms with van der Waals surface area (Å²) in [5.74, 6) is 0.286. The molecule has 0 radical (unpaired) electrons. The zero-order valence-electron chi connectivity index (χ0n) is 7.62. The summed E-state index contributed by atoms with van der Waals surface area (Å²) >= 11 is 0. The third kappa shape index (κ3) is 4.35. The Balaban J connectivity index is 3.58. The normalized spacial score (nSPS) is 16.9. The average Bonchev–Trinajstić information content (AvgIpc) is 2.02. The molecule has 0 aromatic rings. The van der Waals surface area contributed by atoms with Crippen molar-refractivity contribution >= 4 is 0 Å². The van der Waals surface area contributed by atoms with Gasteiger partial charge < -0.3 is 15.1 Å². The average molecular weight is 161 g/mol. The summed E-state index contributed by atoms with van der Waals surface area (Å²) in [4.78, 5) is 2.04. The maximum atomic E-state index is 8.79. The van der Waals surface area contributed by atoms with Gasteiger partial charge in [0.25, 0.3) is 0 Å². The van der Waals surface area contributed by atoms with Crippen LogP contribution in [0.25, 0.3) is 0 Å². The van der Waals surface area contributed by atoms with Crippen molar-refractivity contribution in [2.24, 2.45) is 5.92 Å². The van der Waals surface area contributed by atoms with Crippen LogP contribution in [0.5, 0.6) is 0 Å². The van der Waals surface area contributed by atoms with Crippen molar-refractivity contribution in [2.45, 2.75) is 19.9 Å². The van der Waals surface area contributed by atoms with Gasteiger partial charge in [-0.15, -0.1) is 0 Å². The first kappa shape index (κ1) is 10.9. The lowest BCUT2D eigenvalue weighted by Crippen LogP contribution is -2.36. The van der Waals surface area contributed by atoms with Crippen LogP contribution in [0.1, 0.15) is 13.8 Å². The van der Waals surface area contributed by atoms with Crippen LogP contribution in [0.2, 0.25) is 0 Å². The lowest BCUT2D eigenvalue weighted by Gasteiger charge is -2.25. The SMILES string of the molecule is CC(CO)CN(C)C(C)CO. The van der Waals surface area contributed by atoms with E-state index < -0.39 is 0 Å². The molecule has 0 aliphatic heterocycles. The molecule has 0 fully saturated rings. The number of likely N-dealkylation sites (N-methyl/N-ethyl adjacent to an activating group) is 1. The lowest BCUT2D eigenvalue weighted by atomic mass is 10.1. The van der Waals surface area contributed by atoms with E-state index in [2.05, 4.69) is 0 Å². The summed E-state index contributed by atoms with van der Waals surface area (Å²) in [5.41, 5.74) is 0. The molecule has 0 aliphatic rings. The van der Waals surface area contributed by atoms with E-state index in [1.807, 2.05) is 25.8 Å². The quantitative estimate of drug-likeness (QED) is 0.593. The molecule has 3 heteroatoms. The Hall–Kier alpha value is -0.120. The summed E-state index contributed by atoms with van der Waals surface area (Å²) in [7, 11) is 1.95. The molecule has 0 aromatic carbocycles. The lowest BCUT2D eigenvalue weighted by molar-refractivity contribution is 0.125. The van der Waals surface area contributed by atoms with E-state index in [4.69, 9.17) is 10.2 Å². The van der Waals surface area contributed by atoms with E-state index in [1.54, 1.807) is 0 Å². The van der Waals surface area contributed by atoms with Crippen LogP contribution in [0.15, 0.2) is 0 Å². The molecule has 0 rings (SSSR count).